The Balaban J connectivity index is 2.09. The third kappa shape index (κ3) is 4.11. The third-order valence-electron chi connectivity index (χ3n) is 2.85. The summed E-state index contributed by atoms with van der Waals surface area (Å²) in [7, 11) is 0. The number of rotatable bonds is 4. The van der Waals surface area contributed by atoms with Crippen molar-refractivity contribution in [3.05, 3.63) is 65.0 Å². The van der Waals surface area contributed by atoms with Gasteiger partial charge in [-0.05, 0) is 36.4 Å². The number of nitrogens with zero attached hydrogens (tertiary/aromatic N) is 1. The number of phenols is 1. The molecule has 0 aromatic heterocycles. The van der Waals surface area contributed by atoms with Crippen molar-refractivity contribution in [1.82, 2.24) is 10.9 Å². The first-order chi connectivity index (χ1) is 11.0. The van der Waals surface area contributed by atoms with Crippen molar-refractivity contribution in [3.63, 3.8) is 0 Å². The third-order valence-corrected chi connectivity index (χ3v) is 2.85. The molecule has 2 amide bonds. The number of hydroxylamine groups is 1. The van der Waals surface area contributed by atoms with Gasteiger partial charge in [0.15, 0.2) is 0 Å². The minimum absolute atomic E-state index is 0.0897. The number of carbonyl (C=O) groups excluding carboxylic acids is 2. The Labute approximate surface area is 130 Å². The molecule has 0 saturated heterocycles. The maximum absolute atomic E-state index is 13.0. The lowest BCUT2D eigenvalue weighted by Gasteiger charge is -2.03. The molecule has 8 heteroatoms. The largest absolute Gasteiger partial charge is 0.507 e. The lowest BCUT2D eigenvalue weighted by atomic mass is 10.1. The van der Waals surface area contributed by atoms with E-state index in [1.54, 1.807) is 0 Å². The van der Waals surface area contributed by atoms with Crippen LogP contribution in [0.15, 0.2) is 47.6 Å². The fourth-order valence-corrected chi connectivity index (χ4v) is 1.72. The summed E-state index contributed by atoms with van der Waals surface area (Å²) in [6.45, 7) is 0. The average molecular weight is 317 g/mol. The summed E-state index contributed by atoms with van der Waals surface area (Å²) < 4.78 is 13.0. The molecule has 2 rings (SSSR count). The molecule has 0 bridgehead atoms. The minimum Gasteiger partial charge on any atom is -0.507 e. The molecule has 0 spiro atoms. The van der Waals surface area contributed by atoms with Gasteiger partial charge in [0.1, 0.15) is 11.6 Å². The Hall–Kier alpha value is -3.26. The van der Waals surface area contributed by atoms with E-state index in [9.17, 15) is 19.1 Å². The number of carbonyl (C=O) groups is 2. The van der Waals surface area contributed by atoms with Gasteiger partial charge < -0.3 is 5.11 Å². The van der Waals surface area contributed by atoms with Crippen LogP contribution in [0.1, 0.15) is 26.3 Å². The van der Waals surface area contributed by atoms with Crippen molar-refractivity contribution in [3.8, 4) is 5.75 Å². The molecule has 0 aliphatic heterocycles. The van der Waals surface area contributed by atoms with Gasteiger partial charge in [0.25, 0.3) is 11.8 Å². The Kier molecular flexibility index (Phi) is 5.00. The van der Waals surface area contributed by atoms with Crippen LogP contribution in [-0.4, -0.2) is 28.3 Å². The molecule has 0 aliphatic rings. The fourth-order valence-electron chi connectivity index (χ4n) is 1.72. The molecule has 0 saturated carbocycles. The molecule has 2 aromatic carbocycles. The number of hydrogen-bond acceptors (Lipinski definition) is 5. The molecular formula is C15H12FN3O4. The molecule has 0 fully saturated rings. The van der Waals surface area contributed by atoms with E-state index in [0.717, 1.165) is 24.4 Å². The van der Waals surface area contributed by atoms with Crippen molar-refractivity contribution in [1.29, 1.82) is 0 Å². The Morgan fingerprint density at radius 3 is 2.48 bits per heavy atom. The van der Waals surface area contributed by atoms with E-state index in [-0.39, 0.29) is 22.4 Å². The Bertz CT molecular complexity index is 777. The normalized spacial score (nSPS) is 10.5. The van der Waals surface area contributed by atoms with Crippen LogP contribution in [0.3, 0.4) is 0 Å². The zero-order valence-electron chi connectivity index (χ0n) is 11.7. The highest BCUT2D eigenvalue weighted by Gasteiger charge is 2.09. The van der Waals surface area contributed by atoms with Gasteiger partial charge in [0.2, 0.25) is 0 Å². The monoisotopic (exact) mass is 317 g/mol. The second kappa shape index (κ2) is 7.14. The van der Waals surface area contributed by atoms with Crippen LogP contribution in [0, 0.1) is 5.82 Å². The Morgan fingerprint density at radius 1 is 1.09 bits per heavy atom. The molecule has 0 aliphatic carbocycles. The summed E-state index contributed by atoms with van der Waals surface area (Å²) in [5.41, 5.74) is 3.96. The number of hydrazone groups is 1. The number of hydrogen-bond donors (Lipinski definition) is 4. The number of halogens is 1. The van der Waals surface area contributed by atoms with E-state index in [2.05, 4.69) is 10.5 Å². The molecule has 0 atom stereocenters. The quantitative estimate of drug-likeness (QED) is 0.388. The molecule has 2 aromatic rings. The van der Waals surface area contributed by atoms with Crippen molar-refractivity contribution in [2.24, 2.45) is 5.10 Å². The van der Waals surface area contributed by atoms with Crippen LogP contribution in [0.4, 0.5) is 4.39 Å². The highest BCUT2D eigenvalue weighted by molar-refractivity contribution is 5.99. The summed E-state index contributed by atoms with van der Waals surface area (Å²) in [6, 6.07) is 8.88. The van der Waals surface area contributed by atoms with Crippen LogP contribution in [0.25, 0.3) is 0 Å². The van der Waals surface area contributed by atoms with Gasteiger partial charge in [0, 0.05) is 16.7 Å². The van der Waals surface area contributed by atoms with Crippen molar-refractivity contribution < 1.29 is 24.3 Å². The van der Waals surface area contributed by atoms with E-state index in [4.69, 9.17) is 5.21 Å². The summed E-state index contributed by atoms with van der Waals surface area (Å²) in [4.78, 5) is 23.2. The first-order valence-corrected chi connectivity index (χ1v) is 6.37. The number of benzene rings is 2. The molecule has 7 nitrogen and oxygen atoms in total. The van der Waals surface area contributed by atoms with Crippen LogP contribution < -0.4 is 10.9 Å². The number of nitrogens with one attached hydrogen (secondary N) is 2. The van der Waals surface area contributed by atoms with Crippen molar-refractivity contribution in [2.45, 2.75) is 0 Å². The lowest BCUT2D eigenvalue weighted by Crippen LogP contribution is -2.21. The fraction of sp³-hybridized carbons (Fsp3) is 0. The molecular weight excluding hydrogens is 305 g/mol. The molecule has 4 N–H and O–H groups in total. The van der Waals surface area contributed by atoms with Gasteiger partial charge in [0.05, 0.1) is 6.21 Å². The lowest BCUT2D eigenvalue weighted by molar-refractivity contribution is 0.0706. The number of aromatic hydroxyl groups is 1. The van der Waals surface area contributed by atoms with Crippen LogP contribution in [0.2, 0.25) is 0 Å². The molecule has 0 heterocycles. The molecule has 23 heavy (non-hydrogen) atoms. The van der Waals surface area contributed by atoms with E-state index in [1.165, 1.54) is 29.7 Å². The minimum atomic E-state index is -0.757. The van der Waals surface area contributed by atoms with Gasteiger partial charge in [-0.1, -0.05) is 6.07 Å². The highest BCUT2D eigenvalue weighted by Crippen LogP contribution is 2.15. The molecule has 118 valence electrons. The summed E-state index contributed by atoms with van der Waals surface area (Å²) in [5.74, 6) is -2.12. The summed E-state index contributed by atoms with van der Waals surface area (Å²) >= 11 is 0. The zero-order chi connectivity index (χ0) is 16.8. The van der Waals surface area contributed by atoms with Gasteiger partial charge in [-0.25, -0.2) is 15.3 Å². The predicted molar refractivity (Wildman–Crippen MR) is 78.8 cm³/mol. The van der Waals surface area contributed by atoms with Crippen LogP contribution in [0.5, 0.6) is 5.75 Å². The van der Waals surface area contributed by atoms with Gasteiger partial charge >= 0.3 is 0 Å². The maximum atomic E-state index is 13.0. The second-order valence-corrected chi connectivity index (χ2v) is 4.42. The SMILES string of the molecule is O=C(NO)c1cccc(C(=O)N/N=C/c2cc(F)ccc2O)c1. The van der Waals surface area contributed by atoms with Crippen LogP contribution >= 0.6 is 0 Å². The van der Waals surface area contributed by atoms with Gasteiger partial charge in [-0.15, -0.1) is 0 Å². The zero-order valence-corrected chi connectivity index (χ0v) is 11.7. The number of phenolic OH excluding ortho intramolecular Hbond substituents is 1. The van der Waals surface area contributed by atoms with E-state index >= 15 is 0 Å². The number of amides is 2. The average Bonchev–Trinajstić information content (AvgIpc) is 2.57. The first kappa shape index (κ1) is 16.1. The van der Waals surface area contributed by atoms with E-state index < -0.39 is 17.6 Å². The smallest absolute Gasteiger partial charge is 0.274 e. The van der Waals surface area contributed by atoms with Crippen molar-refractivity contribution in [2.75, 3.05) is 0 Å². The second-order valence-electron chi connectivity index (χ2n) is 4.42. The van der Waals surface area contributed by atoms with Crippen molar-refractivity contribution >= 4 is 18.0 Å². The van der Waals surface area contributed by atoms with Gasteiger partial charge in [-0.3, -0.25) is 14.8 Å². The Morgan fingerprint density at radius 2 is 1.78 bits per heavy atom. The summed E-state index contributed by atoms with van der Waals surface area (Å²) in [6.07, 6.45) is 1.08. The summed E-state index contributed by atoms with van der Waals surface area (Å²) in [5, 5.41) is 21.7. The molecule has 0 radical (unpaired) electrons. The van der Waals surface area contributed by atoms with Crippen LogP contribution in [-0.2, 0) is 0 Å². The standard InChI is InChI=1S/C15H12FN3O4/c16-12-4-5-13(20)11(7-12)8-17-18-14(21)9-2-1-3-10(6-9)15(22)19-23/h1-8,20,23H,(H,18,21)(H,19,22)/b17-8+. The highest BCUT2D eigenvalue weighted by atomic mass is 19.1. The van der Waals surface area contributed by atoms with E-state index in [0.29, 0.717) is 0 Å². The molecule has 0 unspecified atom stereocenters. The van der Waals surface area contributed by atoms with Gasteiger partial charge in [-0.2, -0.15) is 5.10 Å². The maximum Gasteiger partial charge on any atom is 0.274 e. The topological polar surface area (TPSA) is 111 Å². The first-order valence-electron chi connectivity index (χ1n) is 6.37. The van der Waals surface area contributed by atoms with E-state index in [1.807, 2.05) is 0 Å². The predicted octanol–water partition coefficient (Wildman–Crippen LogP) is 1.41.